The zero-order valence-electron chi connectivity index (χ0n) is 11.9. The number of hydrogen-bond acceptors (Lipinski definition) is 4. The highest BCUT2D eigenvalue weighted by Gasteiger charge is 2.37. The predicted molar refractivity (Wildman–Crippen MR) is 76.0 cm³/mol. The van der Waals surface area contributed by atoms with E-state index >= 15 is 0 Å². The van der Waals surface area contributed by atoms with Gasteiger partial charge in [0, 0.05) is 31.2 Å². The lowest BCUT2D eigenvalue weighted by atomic mass is 10.1. The molecule has 1 saturated carbocycles. The smallest absolute Gasteiger partial charge is 0.272 e. The van der Waals surface area contributed by atoms with Crippen molar-refractivity contribution in [1.82, 2.24) is 20.0 Å². The van der Waals surface area contributed by atoms with Gasteiger partial charge in [-0.3, -0.25) is 14.7 Å². The van der Waals surface area contributed by atoms with E-state index in [1.807, 2.05) is 4.90 Å². The molecule has 1 aromatic heterocycles. The van der Waals surface area contributed by atoms with Crippen LogP contribution in [0.2, 0.25) is 0 Å². The largest absolute Gasteiger partial charge is 0.368 e. The standard InChI is InChI=1S/C14H19N5O2/c20-11-8-18(6-7-19(11)9-3-4-9)14(21)12-10-2-1-5-15-13(10)17-16-12/h9H,1-8H2,(H2,15,16,17). The predicted octanol–water partition coefficient (Wildman–Crippen LogP) is 0.215. The fraction of sp³-hybridized carbons (Fsp3) is 0.643. The second-order valence-electron chi connectivity index (χ2n) is 6.00. The molecule has 0 atom stereocenters. The van der Waals surface area contributed by atoms with Crippen LogP contribution in [0.3, 0.4) is 0 Å². The molecule has 0 aromatic carbocycles. The average molecular weight is 289 g/mol. The van der Waals surface area contributed by atoms with Crippen LogP contribution in [0, 0.1) is 0 Å². The number of aromatic amines is 1. The van der Waals surface area contributed by atoms with E-state index in [-0.39, 0.29) is 18.4 Å². The first-order chi connectivity index (χ1) is 10.2. The summed E-state index contributed by atoms with van der Waals surface area (Å²) in [6.45, 7) is 2.35. The summed E-state index contributed by atoms with van der Waals surface area (Å²) in [6.07, 6.45) is 4.08. The Morgan fingerprint density at radius 1 is 1.29 bits per heavy atom. The Hall–Kier alpha value is -2.05. The van der Waals surface area contributed by atoms with Gasteiger partial charge in [-0.2, -0.15) is 5.10 Å². The summed E-state index contributed by atoms with van der Waals surface area (Å²) in [4.78, 5) is 28.3. The molecule has 4 rings (SSSR count). The van der Waals surface area contributed by atoms with Crippen LogP contribution in [0.1, 0.15) is 35.3 Å². The van der Waals surface area contributed by atoms with Gasteiger partial charge < -0.3 is 15.1 Å². The van der Waals surface area contributed by atoms with Gasteiger partial charge in [0.25, 0.3) is 5.91 Å². The van der Waals surface area contributed by atoms with Crippen LogP contribution in [-0.4, -0.2) is 64.0 Å². The fourth-order valence-corrected chi connectivity index (χ4v) is 3.19. The Morgan fingerprint density at radius 3 is 2.90 bits per heavy atom. The number of hydrogen-bond donors (Lipinski definition) is 2. The molecule has 7 heteroatoms. The van der Waals surface area contributed by atoms with Crippen molar-refractivity contribution in [3.8, 4) is 0 Å². The van der Waals surface area contributed by atoms with Gasteiger partial charge in [0.05, 0.1) is 0 Å². The van der Waals surface area contributed by atoms with E-state index in [2.05, 4.69) is 15.5 Å². The van der Waals surface area contributed by atoms with Crippen molar-refractivity contribution in [2.75, 3.05) is 31.5 Å². The third kappa shape index (κ3) is 2.16. The minimum Gasteiger partial charge on any atom is -0.368 e. The molecular formula is C14H19N5O2. The van der Waals surface area contributed by atoms with Crippen LogP contribution in [0.15, 0.2) is 0 Å². The van der Waals surface area contributed by atoms with Crippen LogP contribution in [0.25, 0.3) is 0 Å². The average Bonchev–Trinajstić information content (AvgIpc) is 3.25. The quantitative estimate of drug-likeness (QED) is 0.816. The van der Waals surface area contributed by atoms with Crippen LogP contribution in [0.4, 0.5) is 5.82 Å². The number of nitrogens with one attached hydrogen (secondary N) is 2. The molecule has 2 amide bonds. The number of nitrogens with zero attached hydrogens (tertiary/aromatic N) is 3. The summed E-state index contributed by atoms with van der Waals surface area (Å²) < 4.78 is 0. The van der Waals surface area contributed by atoms with Gasteiger partial charge in [0.1, 0.15) is 12.2 Å². The van der Waals surface area contributed by atoms with E-state index in [9.17, 15) is 9.59 Å². The van der Waals surface area contributed by atoms with Gasteiger partial charge in [-0.1, -0.05) is 0 Å². The molecule has 0 bridgehead atoms. The van der Waals surface area contributed by atoms with Gasteiger partial charge in [-0.25, -0.2) is 0 Å². The van der Waals surface area contributed by atoms with E-state index < -0.39 is 0 Å². The topological polar surface area (TPSA) is 81.3 Å². The minimum absolute atomic E-state index is 0.0728. The highest BCUT2D eigenvalue weighted by molar-refractivity contribution is 5.97. The molecule has 7 nitrogen and oxygen atoms in total. The zero-order chi connectivity index (χ0) is 14.4. The number of amides is 2. The number of anilines is 1. The van der Waals surface area contributed by atoms with Crippen molar-refractivity contribution in [3.05, 3.63) is 11.3 Å². The van der Waals surface area contributed by atoms with E-state index in [0.29, 0.717) is 24.8 Å². The van der Waals surface area contributed by atoms with Gasteiger partial charge in [0.15, 0.2) is 5.82 Å². The Balaban J connectivity index is 1.50. The number of carbonyl (C=O) groups excluding carboxylic acids is 2. The molecule has 2 N–H and O–H groups in total. The SMILES string of the molecule is O=C(c1[nH]nc2c1CCCN2)N1CCN(C2CC2)C(=O)C1. The van der Waals surface area contributed by atoms with Crippen LogP contribution in [0.5, 0.6) is 0 Å². The number of fused-ring (bicyclic) bond motifs is 1. The van der Waals surface area contributed by atoms with Crippen molar-refractivity contribution < 1.29 is 9.59 Å². The molecule has 2 aliphatic heterocycles. The monoisotopic (exact) mass is 289 g/mol. The van der Waals surface area contributed by atoms with E-state index in [1.165, 1.54) is 0 Å². The molecule has 21 heavy (non-hydrogen) atoms. The fourth-order valence-electron chi connectivity index (χ4n) is 3.19. The number of aromatic nitrogens is 2. The molecule has 0 radical (unpaired) electrons. The Labute approximate surface area is 122 Å². The van der Waals surface area contributed by atoms with Gasteiger partial charge in [0.2, 0.25) is 5.91 Å². The van der Waals surface area contributed by atoms with Crippen LogP contribution in [-0.2, 0) is 11.2 Å². The molecule has 0 spiro atoms. The second-order valence-corrected chi connectivity index (χ2v) is 6.00. The number of carbonyl (C=O) groups is 2. The Kier molecular flexibility index (Phi) is 2.87. The Morgan fingerprint density at radius 2 is 2.14 bits per heavy atom. The number of H-pyrrole nitrogens is 1. The molecule has 2 fully saturated rings. The molecule has 3 heterocycles. The van der Waals surface area contributed by atoms with Crippen LogP contribution >= 0.6 is 0 Å². The summed E-state index contributed by atoms with van der Waals surface area (Å²) >= 11 is 0. The van der Waals surface area contributed by atoms with Crippen molar-refractivity contribution >= 4 is 17.6 Å². The summed E-state index contributed by atoms with van der Waals surface area (Å²) in [5.41, 5.74) is 1.51. The van der Waals surface area contributed by atoms with Gasteiger partial charge >= 0.3 is 0 Å². The molecule has 1 aliphatic carbocycles. The molecule has 1 aromatic rings. The highest BCUT2D eigenvalue weighted by Crippen LogP contribution is 2.29. The minimum atomic E-state index is -0.101. The zero-order valence-corrected chi connectivity index (χ0v) is 11.9. The molecular weight excluding hydrogens is 270 g/mol. The number of rotatable bonds is 2. The van der Waals surface area contributed by atoms with Gasteiger partial charge in [-0.15, -0.1) is 0 Å². The summed E-state index contributed by atoms with van der Waals surface area (Å²) in [5, 5.41) is 10.2. The summed E-state index contributed by atoms with van der Waals surface area (Å²) in [5.74, 6) is 0.757. The first-order valence-corrected chi connectivity index (χ1v) is 7.64. The van der Waals surface area contributed by atoms with Gasteiger partial charge in [-0.05, 0) is 25.7 Å². The highest BCUT2D eigenvalue weighted by atomic mass is 16.2. The van der Waals surface area contributed by atoms with E-state index in [4.69, 9.17) is 0 Å². The van der Waals surface area contributed by atoms with E-state index in [0.717, 1.165) is 43.6 Å². The molecule has 1 saturated heterocycles. The maximum atomic E-state index is 12.6. The first-order valence-electron chi connectivity index (χ1n) is 7.64. The first kappa shape index (κ1) is 12.7. The lowest BCUT2D eigenvalue weighted by Gasteiger charge is -2.34. The van der Waals surface area contributed by atoms with Crippen molar-refractivity contribution in [1.29, 1.82) is 0 Å². The lowest BCUT2D eigenvalue weighted by molar-refractivity contribution is -0.135. The lowest BCUT2D eigenvalue weighted by Crippen LogP contribution is -2.53. The molecule has 3 aliphatic rings. The summed E-state index contributed by atoms with van der Waals surface area (Å²) in [6, 6.07) is 0.430. The Bertz CT molecular complexity index is 592. The third-order valence-electron chi connectivity index (χ3n) is 4.51. The third-order valence-corrected chi connectivity index (χ3v) is 4.51. The second kappa shape index (κ2) is 4.75. The van der Waals surface area contributed by atoms with Crippen molar-refractivity contribution in [3.63, 3.8) is 0 Å². The molecule has 0 unspecified atom stereocenters. The maximum absolute atomic E-state index is 12.6. The maximum Gasteiger partial charge on any atom is 0.272 e. The molecule has 112 valence electrons. The normalized spacial score (nSPS) is 22.0. The van der Waals surface area contributed by atoms with E-state index in [1.54, 1.807) is 4.90 Å². The van der Waals surface area contributed by atoms with Crippen molar-refractivity contribution in [2.45, 2.75) is 31.7 Å². The summed E-state index contributed by atoms with van der Waals surface area (Å²) in [7, 11) is 0. The number of piperazine rings is 1. The van der Waals surface area contributed by atoms with Crippen molar-refractivity contribution in [2.24, 2.45) is 0 Å². The van der Waals surface area contributed by atoms with Crippen LogP contribution < -0.4 is 5.32 Å².